The standard InChI is InChI=1S/C12H13Cl2N3S2/c1-7(2)15-11-16-17-12(19-11)18-6-8-3-4-9(13)5-10(8)14/h3-5,7H,6H2,1-2H3,(H,15,16). The fourth-order valence-corrected chi connectivity index (χ4v) is 3.81. The van der Waals surface area contributed by atoms with E-state index >= 15 is 0 Å². The fraction of sp³-hybridized carbons (Fsp3) is 0.333. The van der Waals surface area contributed by atoms with Crippen LogP contribution in [-0.4, -0.2) is 16.2 Å². The van der Waals surface area contributed by atoms with Crippen LogP contribution in [0.4, 0.5) is 5.13 Å². The minimum absolute atomic E-state index is 0.358. The van der Waals surface area contributed by atoms with Crippen LogP contribution >= 0.6 is 46.3 Å². The first-order chi connectivity index (χ1) is 9.04. The number of benzene rings is 1. The second kappa shape index (κ2) is 6.79. The third kappa shape index (κ3) is 4.53. The second-order valence-corrected chi connectivity index (χ2v) is 7.24. The summed E-state index contributed by atoms with van der Waals surface area (Å²) >= 11 is 15.2. The van der Waals surface area contributed by atoms with Crippen molar-refractivity contribution in [1.29, 1.82) is 0 Å². The number of halogens is 2. The van der Waals surface area contributed by atoms with Gasteiger partial charge in [-0.2, -0.15) is 0 Å². The fourth-order valence-electron chi connectivity index (χ4n) is 1.35. The summed E-state index contributed by atoms with van der Waals surface area (Å²) in [5.41, 5.74) is 1.05. The molecule has 1 N–H and O–H groups in total. The lowest BCUT2D eigenvalue weighted by molar-refractivity contribution is 0.883. The van der Waals surface area contributed by atoms with E-state index in [4.69, 9.17) is 23.2 Å². The smallest absolute Gasteiger partial charge is 0.206 e. The molecule has 0 amide bonds. The number of hydrogen-bond donors (Lipinski definition) is 1. The van der Waals surface area contributed by atoms with Crippen LogP contribution in [0.15, 0.2) is 22.5 Å². The SMILES string of the molecule is CC(C)Nc1nnc(SCc2ccc(Cl)cc2Cl)s1. The average molecular weight is 334 g/mol. The molecule has 0 bridgehead atoms. The lowest BCUT2D eigenvalue weighted by Gasteiger charge is -2.03. The van der Waals surface area contributed by atoms with E-state index in [0.717, 1.165) is 20.8 Å². The van der Waals surface area contributed by atoms with Gasteiger partial charge in [-0.05, 0) is 31.5 Å². The van der Waals surface area contributed by atoms with E-state index in [1.807, 2.05) is 12.1 Å². The van der Waals surface area contributed by atoms with Crippen molar-refractivity contribution >= 4 is 51.4 Å². The van der Waals surface area contributed by atoms with Gasteiger partial charge >= 0.3 is 0 Å². The Balaban J connectivity index is 1.96. The van der Waals surface area contributed by atoms with Crippen LogP contribution in [-0.2, 0) is 5.75 Å². The Bertz CT molecular complexity index is 558. The first-order valence-electron chi connectivity index (χ1n) is 5.71. The Labute approximate surface area is 130 Å². The number of rotatable bonds is 5. The van der Waals surface area contributed by atoms with Gasteiger partial charge in [0, 0.05) is 21.8 Å². The van der Waals surface area contributed by atoms with E-state index in [1.165, 1.54) is 0 Å². The number of aromatic nitrogens is 2. The van der Waals surface area contributed by atoms with Crippen molar-refractivity contribution in [2.75, 3.05) is 5.32 Å². The number of hydrogen-bond acceptors (Lipinski definition) is 5. The molecule has 0 atom stereocenters. The summed E-state index contributed by atoms with van der Waals surface area (Å²) in [6, 6.07) is 5.89. The largest absolute Gasteiger partial charge is 0.358 e. The van der Waals surface area contributed by atoms with Crippen LogP contribution in [0.1, 0.15) is 19.4 Å². The van der Waals surface area contributed by atoms with E-state index < -0.39 is 0 Å². The molecule has 0 aliphatic rings. The second-order valence-electron chi connectivity index (χ2n) is 4.20. The Morgan fingerprint density at radius 3 is 2.79 bits per heavy atom. The van der Waals surface area contributed by atoms with Crippen LogP contribution in [0.25, 0.3) is 0 Å². The van der Waals surface area contributed by atoms with E-state index in [9.17, 15) is 0 Å². The van der Waals surface area contributed by atoms with Crippen LogP contribution in [0.5, 0.6) is 0 Å². The summed E-state index contributed by atoms with van der Waals surface area (Å²) in [6.45, 7) is 4.14. The molecule has 0 radical (unpaired) electrons. The molecule has 0 spiro atoms. The molecule has 102 valence electrons. The van der Waals surface area contributed by atoms with Gasteiger partial charge in [-0.3, -0.25) is 0 Å². The first kappa shape index (κ1) is 14.9. The molecule has 7 heteroatoms. The zero-order chi connectivity index (χ0) is 13.8. The zero-order valence-electron chi connectivity index (χ0n) is 10.5. The molecule has 19 heavy (non-hydrogen) atoms. The molecule has 2 aromatic rings. The number of thioether (sulfide) groups is 1. The average Bonchev–Trinajstić information content (AvgIpc) is 2.74. The predicted molar refractivity (Wildman–Crippen MR) is 84.7 cm³/mol. The quantitative estimate of drug-likeness (QED) is 0.785. The highest BCUT2D eigenvalue weighted by Gasteiger charge is 2.07. The highest BCUT2D eigenvalue weighted by Crippen LogP contribution is 2.31. The van der Waals surface area contributed by atoms with E-state index in [0.29, 0.717) is 16.1 Å². The number of nitrogens with one attached hydrogen (secondary N) is 1. The molecule has 3 nitrogen and oxygen atoms in total. The summed E-state index contributed by atoms with van der Waals surface area (Å²) in [5.74, 6) is 0.756. The topological polar surface area (TPSA) is 37.8 Å². The van der Waals surface area contributed by atoms with Crippen LogP contribution < -0.4 is 5.32 Å². The van der Waals surface area contributed by atoms with Gasteiger partial charge in [-0.25, -0.2) is 0 Å². The maximum Gasteiger partial charge on any atom is 0.206 e. The molecule has 0 fully saturated rings. The van der Waals surface area contributed by atoms with E-state index in [1.54, 1.807) is 29.2 Å². The highest BCUT2D eigenvalue weighted by atomic mass is 35.5. The summed E-state index contributed by atoms with van der Waals surface area (Å²) in [5, 5.41) is 13.6. The predicted octanol–water partition coefficient (Wildman–Crippen LogP) is 4.96. The number of anilines is 1. The normalized spacial score (nSPS) is 11.0. The van der Waals surface area contributed by atoms with Gasteiger partial charge in [0.15, 0.2) is 4.34 Å². The van der Waals surface area contributed by atoms with Crippen molar-refractivity contribution in [2.45, 2.75) is 30.0 Å². The maximum absolute atomic E-state index is 6.13. The van der Waals surface area contributed by atoms with Gasteiger partial charge in [0.2, 0.25) is 5.13 Å². The number of nitrogens with zero attached hydrogens (tertiary/aromatic N) is 2. The third-order valence-electron chi connectivity index (χ3n) is 2.18. The molecule has 2 rings (SSSR count). The van der Waals surface area contributed by atoms with Crippen molar-refractivity contribution in [3.05, 3.63) is 33.8 Å². The maximum atomic E-state index is 6.13. The van der Waals surface area contributed by atoms with Crippen molar-refractivity contribution in [3.63, 3.8) is 0 Å². The van der Waals surface area contributed by atoms with Gasteiger partial charge in [0.05, 0.1) is 0 Å². The Morgan fingerprint density at radius 1 is 1.32 bits per heavy atom. The van der Waals surface area contributed by atoms with Crippen LogP contribution in [0, 0.1) is 0 Å². The highest BCUT2D eigenvalue weighted by molar-refractivity contribution is 8.00. The van der Waals surface area contributed by atoms with Gasteiger partial charge in [-0.15, -0.1) is 10.2 Å². The monoisotopic (exact) mass is 333 g/mol. The minimum Gasteiger partial charge on any atom is -0.358 e. The molecule has 0 aliphatic heterocycles. The van der Waals surface area contributed by atoms with Crippen molar-refractivity contribution in [3.8, 4) is 0 Å². The van der Waals surface area contributed by atoms with Crippen molar-refractivity contribution in [2.24, 2.45) is 0 Å². The van der Waals surface area contributed by atoms with E-state index in [2.05, 4.69) is 29.4 Å². The lowest BCUT2D eigenvalue weighted by atomic mass is 10.2. The van der Waals surface area contributed by atoms with E-state index in [-0.39, 0.29) is 0 Å². The Hall–Kier alpha value is -0.490. The molecular formula is C12H13Cl2N3S2. The third-order valence-corrected chi connectivity index (χ3v) is 4.81. The van der Waals surface area contributed by atoms with Crippen LogP contribution in [0.2, 0.25) is 10.0 Å². The summed E-state index contributed by atoms with van der Waals surface area (Å²) in [4.78, 5) is 0. The summed E-state index contributed by atoms with van der Waals surface area (Å²) in [6.07, 6.45) is 0. The lowest BCUT2D eigenvalue weighted by Crippen LogP contribution is -2.08. The Kier molecular flexibility index (Phi) is 5.33. The van der Waals surface area contributed by atoms with Gasteiger partial charge < -0.3 is 5.32 Å². The first-order valence-corrected chi connectivity index (χ1v) is 8.27. The summed E-state index contributed by atoms with van der Waals surface area (Å²) in [7, 11) is 0. The molecule has 0 saturated heterocycles. The minimum atomic E-state index is 0.358. The zero-order valence-corrected chi connectivity index (χ0v) is 13.6. The van der Waals surface area contributed by atoms with Crippen molar-refractivity contribution < 1.29 is 0 Å². The van der Waals surface area contributed by atoms with Gasteiger partial charge in [0.1, 0.15) is 0 Å². The molecule has 0 unspecified atom stereocenters. The molecule has 0 aliphatic carbocycles. The van der Waals surface area contributed by atoms with Crippen LogP contribution in [0.3, 0.4) is 0 Å². The Morgan fingerprint density at radius 2 is 2.11 bits per heavy atom. The summed E-state index contributed by atoms with van der Waals surface area (Å²) < 4.78 is 0.925. The van der Waals surface area contributed by atoms with Gasteiger partial charge in [0.25, 0.3) is 0 Å². The molecule has 0 saturated carbocycles. The van der Waals surface area contributed by atoms with Gasteiger partial charge in [-0.1, -0.05) is 52.4 Å². The molecule has 1 heterocycles. The molecule has 1 aromatic carbocycles. The van der Waals surface area contributed by atoms with Crippen molar-refractivity contribution in [1.82, 2.24) is 10.2 Å². The molecule has 1 aromatic heterocycles. The molecular weight excluding hydrogens is 321 g/mol.